The standard InChI is InChI=1S/C31H42Cl2FN5O2/c1-21(20-36-22(2)35-3)9-10-23-6-4-7-27(34)30(23)37-14-16-38(17-15-37)31(41)28(39-13-5-8-29(39)40)18-24-11-12-25(32)19-26(24)33/h4,6-7,11-12,19,21-22,28,35-36H,5,8-10,13-18,20H2,1-3H3. The highest BCUT2D eigenvalue weighted by Gasteiger charge is 2.37. The van der Waals surface area contributed by atoms with Gasteiger partial charge in [0, 0.05) is 55.6 Å². The molecule has 224 valence electrons. The molecule has 2 aliphatic rings. The van der Waals surface area contributed by atoms with Crippen LogP contribution in [0.25, 0.3) is 0 Å². The molecule has 3 atom stereocenters. The fourth-order valence-corrected chi connectivity index (χ4v) is 6.17. The first-order chi connectivity index (χ1) is 19.7. The van der Waals surface area contributed by atoms with Gasteiger partial charge in [-0.3, -0.25) is 9.59 Å². The molecule has 0 radical (unpaired) electrons. The van der Waals surface area contributed by atoms with E-state index in [9.17, 15) is 9.59 Å². The Labute approximate surface area is 253 Å². The summed E-state index contributed by atoms with van der Waals surface area (Å²) < 4.78 is 15.2. The zero-order valence-corrected chi connectivity index (χ0v) is 25.8. The molecular formula is C31H42Cl2FN5O2. The lowest BCUT2D eigenvalue weighted by Gasteiger charge is -2.40. The number of nitrogens with one attached hydrogen (secondary N) is 2. The largest absolute Gasteiger partial charge is 0.365 e. The first kappa shape index (κ1) is 31.5. The molecule has 2 aromatic rings. The summed E-state index contributed by atoms with van der Waals surface area (Å²) in [6.45, 7) is 7.70. The number of carbonyl (C=O) groups is 2. The quantitative estimate of drug-likeness (QED) is 0.342. The third-order valence-electron chi connectivity index (χ3n) is 8.29. The molecule has 3 unspecified atom stereocenters. The maximum atomic E-state index is 15.2. The number of aryl methyl sites for hydroxylation is 1. The molecular weight excluding hydrogens is 564 g/mol. The van der Waals surface area contributed by atoms with Crippen molar-refractivity contribution in [3.05, 3.63) is 63.4 Å². The van der Waals surface area contributed by atoms with Crippen LogP contribution in [0, 0.1) is 11.7 Å². The third kappa shape index (κ3) is 8.13. The van der Waals surface area contributed by atoms with Gasteiger partial charge in [-0.2, -0.15) is 0 Å². The summed E-state index contributed by atoms with van der Waals surface area (Å²) in [6, 6.07) is 9.91. The molecule has 0 saturated carbocycles. The number of benzene rings is 2. The number of hydrogen-bond acceptors (Lipinski definition) is 5. The van der Waals surface area contributed by atoms with Crippen LogP contribution in [0.15, 0.2) is 36.4 Å². The molecule has 4 rings (SSSR count). The van der Waals surface area contributed by atoms with E-state index in [1.165, 1.54) is 6.07 Å². The number of halogens is 3. The zero-order chi connectivity index (χ0) is 29.5. The van der Waals surface area contributed by atoms with Crippen molar-refractivity contribution in [3.63, 3.8) is 0 Å². The molecule has 0 aromatic heterocycles. The lowest BCUT2D eigenvalue weighted by atomic mass is 9.98. The van der Waals surface area contributed by atoms with E-state index in [4.69, 9.17) is 23.2 Å². The summed E-state index contributed by atoms with van der Waals surface area (Å²) in [5.74, 6) is 0.121. The summed E-state index contributed by atoms with van der Waals surface area (Å²) in [4.78, 5) is 32.1. The van der Waals surface area contributed by atoms with E-state index in [2.05, 4.69) is 29.4 Å². The average Bonchev–Trinajstić information content (AvgIpc) is 3.39. The van der Waals surface area contributed by atoms with E-state index in [0.717, 1.165) is 36.9 Å². The van der Waals surface area contributed by atoms with Crippen LogP contribution in [-0.2, 0) is 22.4 Å². The highest BCUT2D eigenvalue weighted by atomic mass is 35.5. The van der Waals surface area contributed by atoms with Crippen molar-refractivity contribution in [3.8, 4) is 0 Å². The van der Waals surface area contributed by atoms with Crippen molar-refractivity contribution in [2.24, 2.45) is 5.92 Å². The molecule has 10 heteroatoms. The summed E-state index contributed by atoms with van der Waals surface area (Å²) in [5.41, 5.74) is 2.42. The second-order valence-corrected chi connectivity index (χ2v) is 12.1. The molecule has 0 bridgehead atoms. The van der Waals surface area contributed by atoms with Gasteiger partial charge >= 0.3 is 0 Å². The van der Waals surface area contributed by atoms with Gasteiger partial charge in [0.2, 0.25) is 11.8 Å². The smallest absolute Gasteiger partial charge is 0.245 e. The van der Waals surface area contributed by atoms with E-state index in [1.807, 2.05) is 24.1 Å². The number of anilines is 1. The number of para-hydroxylation sites is 1. The molecule has 0 aliphatic carbocycles. The Morgan fingerprint density at radius 2 is 1.80 bits per heavy atom. The van der Waals surface area contributed by atoms with Crippen molar-refractivity contribution < 1.29 is 14.0 Å². The summed E-state index contributed by atoms with van der Waals surface area (Å²) in [5, 5.41) is 7.65. The van der Waals surface area contributed by atoms with Crippen LogP contribution in [0.1, 0.15) is 44.2 Å². The Morgan fingerprint density at radius 1 is 1.05 bits per heavy atom. The Hall–Kier alpha value is -2.39. The molecule has 2 amide bonds. The van der Waals surface area contributed by atoms with Gasteiger partial charge < -0.3 is 25.3 Å². The number of likely N-dealkylation sites (tertiary alicyclic amines) is 1. The molecule has 2 heterocycles. The lowest BCUT2D eigenvalue weighted by Crippen LogP contribution is -2.56. The molecule has 41 heavy (non-hydrogen) atoms. The highest BCUT2D eigenvalue weighted by Crippen LogP contribution is 2.29. The SMILES string of the molecule is CNC(C)NCC(C)CCc1cccc(F)c1N1CCN(C(=O)C(Cc2ccc(Cl)cc2Cl)N2CCCC2=O)CC1. The number of rotatable bonds is 12. The van der Waals surface area contributed by atoms with Crippen molar-refractivity contribution in [1.29, 1.82) is 0 Å². The molecule has 2 aliphatic heterocycles. The first-order valence-electron chi connectivity index (χ1n) is 14.6. The van der Waals surface area contributed by atoms with Crippen LogP contribution in [-0.4, -0.2) is 80.1 Å². The Kier molecular flexibility index (Phi) is 11.3. The van der Waals surface area contributed by atoms with Crippen molar-refractivity contribution in [2.75, 3.05) is 51.2 Å². The van der Waals surface area contributed by atoms with Crippen molar-refractivity contribution in [2.45, 2.75) is 58.2 Å². The maximum absolute atomic E-state index is 15.2. The molecule has 7 nitrogen and oxygen atoms in total. The van der Waals surface area contributed by atoms with E-state index >= 15 is 4.39 Å². The minimum absolute atomic E-state index is 0.00656. The van der Waals surface area contributed by atoms with Gasteiger partial charge in [0.05, 0.1) is 11.9 Å². The number of amides is 2. The number of carbonyl (C=O) groups excluding carboxylic acids is 2. The fourth-order valence-electron chi connectivity index (χ4n) is 5.69. The minimum atomic E-state index is -0.625. The summed E-state index contributed by atoms with van der Waals surface area (Å²) in [7, 11) is 1.93. The maximum Gasteiger partial charge on any atom is 0.245 e. The van der Waals surface area contributed by atoms with Crippen LogP contribution in [0.4, 0.5) is 10.1 Å². The lowest BCUT2D eigenvalue weighted by molar-refractivity contribution is -0.143. The predicted octanol–water partition coefficient (Wildman–Crippen LogP) is 4.74. The minimum Gasteiger partial charge on any atom is -0.365 e. The Balaban J connectivity index is 1.42. The predicted molar refractivity (Wildman–Crippen MR) is 164 cm³/mol. The zero-order valence-electron chi connectivity index (χ0n) is 24.3. The molecule has 2 N–H and O–H groups in total. The van der Waals surface area contributed by atoms with Gasteiger partial charge in [-0.05, 0) is 75.0 Å². The second kappa shape index (κ2) is 14.7. The molecule has 2 saturated heterocycles. The topological polar surface area (TPSA) is 67.9 Å². The van der Waals surface area contributed by atoms with Gasteiger partial charge in [-0.15, -0.1) is 0 Å². The number of piperazine rings is 1. The van der Waals surface area contributed by atoms with Gasteiger partial charge in [0.15, 0.2) is 0 Å². The highest BCUT2D eigenvalue weighted by molar-refractivity contribution is 6.35. The van der Waals surface area contributed by atoms with E-state index in [0.29, 0.717) is 67.2 Å². The Bertz CT molecular complexity index is 1210. The summed E-state index contributed by atoms with van der Waals surface area (Å²) in [6.07, 6.45) is 3.49. The van der Waals surface area contributed by atoms with Crippen LogP contribution < -0.4 is 15.5 Å². The molecule has 0 spiro atoms. The number of hydrogen-bond donors (Lipinski definition) is 2. The monoisotopic (exact) mass is 605 g/mol. The van der Waals surface area contributed by atoms with Gasteiger partial charge in [0.1, 0.15) is 11.9 Å². The van der Waals surface area contributed by atoms with Crippen molar-refractivity contribution >= 4 is 40.7 Å². The van der Waals surface area contributed by atoms with Crippen molar-refractivity contribution in [1.82, 2.24) is 20.4 Å². The number of nitrogens with zero attached hydrogens (tertiary/aromatic N) is 3. The average molecular weight is 607 g/mol. The second-order valence-electron chi connectivity index (χ2n) is 11.3. The van der Waals surface area contributed by atoms with Crippen LogP contribution in [0.5, 0.6) is 0 Å². The van der Waals surface area contributed by atoms with Crippen LogP contribution in [0.2, 0.25) is 10.0 Å². The molecule has 2 fully saturated rings. The summed E-state index contributed by atoms with van der Waals surface area (Å²) >= 11 is 12.5. The van der Waals surface area contributed by atoms with Crippen LogP contribution in [0.3, 0.4) is 0 Å². The molecule has 2 aromatic carbocycles. The first-order valence-corrected chi connectivity index (χ1v) is 15.4. The van der Waals surface area contributed by atoms with Gasteiger partial charge in [0.25, 0.3) is 0 Å². The Morgan fingerprint density at radius 3 is 2.46 bits per heavy atom. The third-order valence-corrected chi connectivity index (χ3v) is 8.88. The van der Waals surface area contributed by atoms with Gasteiger partial charge in [-0.1, -0.05) is 48.3 Å². The van der Waals surface area contributed by atoms with E-state index < -0.39 is 6.04 Å². The van der Waals surface area contributed by atoms with E-state index in [-0.39, 0.29) is 23.8 Å². The fraction of sp³-hybridized carbons (Fsp3) is 0.548. The van der Waals surface area contributed by atoms with Gasteiger partial charge in [-0.25, -0.2) is 4.39 Å². The van der Waals surface area contributed by atoms with E-state index in [1.54, 1.807) is 23.1 Å². The van der Waals surface area contributed by atoms with Crippen LogP contribution >= 0.6 is 23.2 Å². The normalized spacial score (nSPS) is 18.1.